The molecular formula is C44H68N8O13. The van der Waals surface area contributed by atoms with Gasteiger partial charge in [0, 0.05) is 32.7 Å². The van der Waals surface area contributed by atoms with Crippen LogP contribution in [-0.4, -0.2) is 118 Å². The Balaban J connectivity index is 3.56. The summed E-state index contributed by atoms with van der Waals surface area (Å²) >= 11 is 0. The predicted molar refractivity (Wildman–Crippen MR) is 236 cm³/mol. The number of Topliss-reactive ketones (excluding diaryl/α,β-unsaturated/α-hetero) is 1. The van der Waals surface area contributed by atoms with Crippen LogP contribution in [0.15, 0.2) is 24.3 Å². The molecule has 6 atom stereocenters. The van der Waals surface area contributed by atoms with Crippen LogP contribution < -0.4 is 43.0 Å². The van der Waals surface area contributed by atoms with Crippen LogP contribution in [0.5, 0.6) is 0 Å². The van der Waals surface area contributed by atoms with Crippen LogP contribution in [0.3, 0.4) is 0 Å². The molecule has 0 spiro atoms. The molecule has 0 heterocycles. The minimum atomic E-state index is -1.70. The van der Waals surface area contributed by atoms with Gasteiger partial charge in [-0.1, -0.05) is 78.6 Å². The van der Waals surface area contributed by atoms with E-state index in [0.717, 1.165) is 5.56 Å². The number of primary amides is 1. The molecule has 0 saturated heterocycles. The maximum Gasteiger partial charge on any atom is 0.305 e. The second-order valence-electron chi connectivity index (χ2n) is 17.4. The maximum absolute atomic E-state index is 14.4. The molecule has 0 aliphatic heterocycles. The lowest BCUT2D eigenvalue weighted by molar-refractivity contribution is -0.141. The van der Waals surface area contributed by atoms with Gasteiger partial charge in [-0.2, -0.15) is 0 Å². The summed E-state index contributed by atoms with van der Waals surface area (Å²) in [5.41, 5.74) is 5.52. The average molecular weight is 917 g/mol. The number of benzene rings is 1. The first-order valence-corrected chi connectivity index (χ1v) is 21.6. The topological polar surface area (TPSA) is 338 Å². The second-order valence-corrected chi connectivity index (χ2v) is 17.4. The van der Waals surface area contributed by atoms with Crippen molar-refractivity contribution in [3.63, 3.8) is 0 Å². The molecule has 1 rings (SSSR count). The highest BCUT2D eigenvalue weighted by atomic mass is 16.4. The molecule has 0 bridgehead atoms. The predicted octanol–water partition coefficient (Wildman–Crippen LogP) is 0.0389. The van der Waals surface area contributed by atoms with Gasteiger partial charge in [-0.3, -0.25) is 52.7 Å². The van der Waals surface area contributed by atoms with Gasteiger partial charge < -0.3 is 53.2 Å². The Morgan fingerprint density at radius 1 is 0.662 bits per heavy atom. The number of aryl methyl sites for hydroxylation is 1. The van der Waals surface area contributed by atoms with Gasteiger partial charge in [0.05, 0.1) is 12.5 Å². The van der Waals surface area contributed by atoms with E-state index in [1.807, 2.05) is 6.92 Å². The summed E-state index contributed by atoms with van der Waals surface area (Å²) in [5.74, 6) is -10.9. The number of hydrogen-bond acceptors (Lipinski definition) is 11. The number of carbonyl (C=O) groups excluding carboxylic acids is 9. The molecule has 0 aliphatic rings. The second kappa shape index (κ2) is 27.7. The van der Waals surface area contributed by atoms with Crippen molar-refractivity contribution in [1.29, 1.82) is 0 Å². The van der Waals surface area contributed by atoms with E-state index in [1.165, 1.54) is 6.92 Å². The van der Waals surface area contributed by atoms with Gasteiger partial charge in [-0.15, -0.1) is 0 Å². The number of unbranched alkanes of at least 4 members (excludes halogenated alkanes) is 1. The normalized spacial score (nSPS) is 13.9. The van der Waals surface area contributed by atoms with Crippen molar-refractivity contribution in [2.24, 2.45) is 17.1 Å². The lowest BCUT2D eigenvalue weighted by atomic mass is 9.85. The lowest BCUT2D eigenvalue weighted by Crippen LogP contribution is -2.62. The van der Waals surface area contributed by atoms with Gasteiger partial charge in [0.2, 0.25) is 47.1 Å². The molecule has 0 radical (unpaired) electrons. The number of ketones is 1. The van der Waals surface area contributed by atoms with Gasteiger partial charge in [0.1, 0.15) is 30.2 Å². The quantitative estimate of drug-likeness (QED) is 0.0375. The SMILES string of the molecule is CCCC[C@H](NC(=O)[C@H](CC(C)C)NC(=O)[C@@H](NC(=O)[C@H](Cc1ccccc1C)NC(=O)[C@H](CCC(=O)O)NC(=O)[C@H](CC(=O)O)NC(=O)CCCNC(C)=O)C(C)(C)C)C(=O)C(N)=O. The van der Waals surface area contributed by atoms with Gasteiger partial charge in [0.25, 0.3) is 5.91 Å². The number of carbonyl (C=O) groups is 11. The van der Waals surface area contributed by atoms with Crippen molar-refractivity contribution in [2.75, 3.05) is 6.54 Å². The first kappa shape index (κ1) is 56.6. The minimum Gasteiger partial charge on any atom is -0.481 e. The number of nitrogens with one attached hydrogen (secondary N) is 7. The van der Waals surface area contributed by atoms with E-state index in [2.05, 4.69) is 37.2 Å². The van der Waals surface area contributed by atoms with Crippen LogP contribution in [-0.2, 0) is 59.2 Å². The van der Waals surface area contributed by atoms with Crippen molar-refractivity contribution in [2.45, 2.75) is 156 Å². The van der Waals surface area contributed by atoms with Crippen LogP contribution in [0.2, 0.25) is 0 Å². The van der Waals surface area contributed by atoms with Crippen LogP contribution in [0.25, 0.3) is 0 Å². The lowest BCUT2D eigenvalue weighted by Gasteiger charge is -2.34. The first-order chi connectivity index (χ1) is 30.3. The molecule has 0 aromatic heterocycles. The number of rotatable bonds is 29. The van der Waals surface area contributed by atoms with E-state index in [9.17, 15) is 63.0 Å². The number of carboxylic acid groups (broad SMARTS) is 2. The molecule has 0 aliphatic carbocycles. The van der Waals surface area contributed by atoms with Crippen molar-refractivity contribution in [3.05, 3.63) is 35.4 Å². The highest BCUT2D eigenvalue weighted by molar-refractivity contribution is 6.37. The van der Waals surface area contributed by atoms with Crippen LogP contribution in [0.4, 0.5) is 0 Å². The zero-order valence-corrected chi connectivity index (χ0v) is 38.6. The third-order valence-corrected chi connectivity index (χ3v) is 10.1. The highest BCUT2D eigenvalue weighted by Crippen LogP contribution is 2.21. The van der Waals surface area contributed by atoms with Crippen molar-refractivity contribution >= 4 is 65.0 Å². The molecular weight excluding hydrogens is 849 g/mol. The Morgan fingerprint density at radius 3 is 1.75 bits per heavy atom. The van der Waals surface area contributed by atoms with E-state index >= 15 is 0 Å². The molecule has 362 valence electrons. The first-order valence-electron chi connectivity index (χ1n) is 21.6. The maximum atomic E-state index is 14.4. The Hall–Kier alpha value is -6.41. The summed E-state index contributed by atoms with van der Waals surface area (Å²) < 4.78 is 0. The van der Waals surface area contributed by atoms with E-state index in [4.69, 9.17) is 5.73 Å². The monoisotopic (exact) mass is 916 g/mol. The summed E-state index contributed by atoms with van der Waals surface area (Å²) in [4.78, 5) is 141. The molecule has 0 unspecified atom stereocenters. The van der Waals surface area contributed by atoms with Crippen LogP contribution in [0, 0.1) is 18.3 Å². The number of hydrogen-bond donors (Lipinski definition) is 10. The fraction of sp³-hybridized carbons (Fsp3) is 0.614. The third-order valence-electron chi connectivity index (χ3n) is 10.1. The molecule has 21 heteroatoms. The van der Waals surface area contributed by atoms with Crippen LogP contribution >= 0.6 is 0 Å². The van der Waals surface area contributed by atoms with Crippen molar-refractivity contribution in [3.8, 4) is 0 Å². The number of nitrogens with two attached hydrogens (primary N) is 1. The zero-order chi connectivity index (χ0) is 49.6. The number of aliphatic carboxylic acids is 2. The Kier molecular flexibility index (Phi) is 24.1. The molecule has 8 amide bonds. The van der Waals surface area contributed by atoms with Crippen molar-refractivity contribution < 1.29 is 63.0 Å². The molecule has 1 aromatic carbocycles. The van der Waals surface area contributed by atoms with Gasteiger partial charge >= 0.3 is 11.9 Å². The Labute approximate surface area is 379 Å². The van der Waals surface area contributed by atoms with Crippen molar-refractivity contribution in [1.82, 2.24) is 37.2 Å². The standard InChI is InChI=1S/C44H68N8O13/c1-9-10-16-28(36(59)38(45)60)48-40(62)30(21-24(2)3)51-43(65)37(44(6,7)8)52-42(64)31(22-27-15-12-11-14-25(27)4)50-39(61)29(18-19-34(55)56)49-41(63)32(23-35(57)58)47-33(54)17-13-20-46-26(5)53/h11-12,14-15,24,28-32,37H,9-10,13,16-23H2,1-8H3,(H2,45,60)(H,46,53)(H,47,54)(H,48,62)(H,49,63)(H,50,61)(H,51,65)(H,52,64)(H,55,56)(H,57,58)/t28-,29-,30-,31-,32-,37+/m0/s1. The average Bonchev–Trinajstić information content (AvgIpc) is 3.19. The van der Waals surface area contributed by atoms with Gasteiger partial charge in [-0.05, 0) is 55.1 Å². The van der Waals surface area contributed by atoms with E-state index < -0.39 is 120 Å². The fourth-order valence-corrected chi connectivity index (χ4v) is 6.51. The summed E-state index contributed by atoms with van der Waals surface area (Å²) in [7, 11) is 0. The van der Waals surface area contributed by atoms with Gasteiger partial charge in [-0.25, -0.2) is 0 Å². The Morgan fingerprint density at radius 2 is 1.22 bits per heavy atom. The van der Waals surface area contributed by atoms with Gasteiger partial charge in [0.15, 0.2) is 0 Å². The third kappa shape index (κ3) is 21.7. The Bertz CT molecular complexity index is 1880. The number of carboxylic acids is 2. The molecule has 0 saturated carbocycles. The summed E-state index contributed by atoms with van der Waals surface area (Å²) in [6, 6.07) is -1.77. The molecule has 1 aromatic rings. The summed E-state index contributed by atoms with van der Waals surface area (Å²) in [5, 5.41) is 36.6. The summed E-state index contributed by atoms with van der Waals surface area (Å²) in [6.07, 6.45) is -0.917. The molecule has 65 heavy (non-hydrogen) atoms. The largest absolute Gasteiger partial charge is 0.481 e. The zero-order valence-electron chi connectivity index (χ0n) is 38.6. The van der Waals surface area contributed by atoms with Crippen LogP contribution in [0.1, 0.15) is 117 Å². The van der Waals surface area contributed by atoms with E-state index in [-0.39, 0.29) is 50.5 Å². The fourth-order valence-electron chi connectivity index (χ4n) is 6.51. The van der Waals surface area contributed by atoms with E-state index in [1.54, 1.807) is 65.8 Å². The molecule has 21 nitrogen and oxygen atoms in total. The summed E-state index contributed by atoms with van der Waals surface area (Å²) in [6.45, 7) is 13.5. The van der Waals surface area contributed by atoms with E-state index in [0.29, 0.717) is 18.4 Å². The molecule has 0 fully saturated rings. The smallest absolute Gasteiger partial charge is 0.305 e. The molecule has 11 N–H and O–H groups in total. The minimum absolute atomic E-state index is 0.0959. The highest BCUT2D eigenvalue weighted by Gasteiger charge is 2.39. The number of amides is 8.